The maximum atomic E-state index is 13.2. The number of carbonyl (C=O) groups excluding carboxylic acids is 2. The van der Waals surface area contributed by atoms with Crippen LogP contribution in [0.25, 0.3) is 0 Å². The molecular formula is C19H23FN2O2. The summed E-state index contributed by atoms with van der Waals surface area (Å²) in [5.41, 5.74) is 0.453. The third-order valence-corrected chi connectivity index (χ3v) is 6.31. The van der Waals surface area contributed by atoms with Crippen LogP contribution in [0.1, 0.15) is 44.6 Å². The highest BCUT2D eigenvalue weighted by molar-refractivity contribution is 5.92. The standard InChI is InChI=1S/C19H23FN2O2/c1-14(23)21-11-8-18(9-12-21)10-13-22(18)17(24)19(6-7-19)15-2-4-16(20)5-3-15/h2-5H,6-13H2,1H3. The summed E-state index contributed by atoms with van der Waals surface area (Å²) in [5, 5.41) is 0. The van der Waals surface area contributed by atoms with Gasteiger partial charge in [-0.3, -0.25) is 9.59 Å². The van der Waals surface area contributed by atoms with E-state index >= 15 is 0 Å². The van der Waals surface area contributed by atoms with Crippen molar-refractivity contribution >= 4 is 11.8 Å². The van der Waals surface area contributed by atoms with E-state index in [4.69, 9.17) is 0 Å². The van der Waals surface area contributed by atoms with Crippen molar-refractivity contribution in [3.63, 3.8) is 0 Å². The lowest BCUT2D eigenvalue weighted by atomic mass is 9.75. The van der Waals surface area contributed by atoms with Gasteiger partial charge in [0.1, 0.15) is 5.82 Å². The molecule has 4 rings (SSSR count). The van der Waals surface area contributed by atoms with Gasteiger partial charge < -0.3 is 9.80 Å². The quantitative estimate of drug-likeness (QED) is 0.836. The van der Waals surface area contributed by atoms with Gasteiger partial charge in [0.25, 0.3) is 0 Å². The van der Waals surface area contributed by atoms with E-state index in [2.05, 4.69) is 4.90 Å². The van der Waals surface area contributed by atoms with Gasteiger partial charge in [-0.25, -0.2) is 4.39 Å². The second-order valence-corrected chi connectivity index (χ2v) is 7.53. The van der Waals surface area contributed by atoms with Gasteiger partial charge in [-0.05, 0) is 49.8 Å². The first kappa shape index (κ1) is 15.6. The Balaban J connectivity index is 1.51. The van der Waals surface area contributed by atoms with Gasteiger partial charge in [-0.1, -0.05) is 12.1 Å². The van der Waals surface area contributed by atoms with Crippen LogP contribution in [-0.2, 0) is 15.0 Å². The Hall–Kier alpha value is -1.91. The van der Waals surface area contributed by atoms with Crippen LogP contribution in [-0.4, -0.2) is 46.8 Å². The van der Waals surface area contributed by atoms with Gasteiger partial charge >= 0.3 is 0 Å². The first-order chi connectivity index (χ1) is 11.5. The fourth-order valence-corrected chi connectivity index (χ4v) is 4.39. The van der Waals surface area contributed by atoms with Crippen molar-refractivity contribution in [1.29, 1.82) is 0 Å². The average Bonchev–Trinajstić information content (AvgIpc) is 3.36. The molecule has 24 heavy (non-hydrogen) atoms. The molecule has 2 heterocycles. The molecule has 1 aromatic rings. The number of nitrogens with zero attached hydrogens (tertiary/aromatic N) is 2. The first-order valence-corrected chi connectivity index (χ1v) is 8.81. The fraction of sp³-hybridized carbons (Fsp3) is 0.579. The van der Waals surface area contributed by atoms with Crippen LogP contribution < -0.4 is 0 Å². The van der Waals surface area contributed by atoms with Crippen LogP contribution in [0.3, 0.4) is 0 Å². The molecule has 4 nitrogen and oxygen atoms in total. The topological polar surface area (TPSA) is 40.6 Å². The Morgan fingerprint density at radius 3 is 2.00 bits per heavy atom. The van der Waals surface area contributed by atoms with Crippen LogP contribution in [0.2, 0.25) is 0 Å². The van der Waals surface area contributed by atoms with E-state index in [0.717, 1.165) is 57.3 Å². The highest BCUT2D eigenvalue weighted by atomic mass is 19.1. The van der Waals surface area contributed by atoms with Crippen LogP contribution in [0.4, 0.5) is 4.39 Å². The maximum Gasteiger partial charge on any atom is 0.233 e. The summed E-state index contributed by atoms with van der Waals surface area (Å²) in [6, 6.07) is 6.40. The van der Waals surface area contributed by atoms with Crippen LogP contribution in [0, 0.1) is 5.82 Å². The van der Waals surface area contributed by atoms with Gasteiger partial charge in [0.2, 0.25) is 11.8 Å². The molecule has 2 amide bonds. The predicted octanol–water partition coefficient (Wildman–Crippen LogP) is 2.47. The van der Waals surface area contributed by atoms with Crippen molar-refractivity contribution in [1.82, 2.24) is 9.80 Å². The lowest BCUT2D eigenvalue weighted by Crippen LogP contribution is -2.67. The van der Waals surface area contributed by atoms with Crippen molar-refractivity contribution in [3.8, 4) is 0 Å². The molecule has 3 aliphatic rings. The summed E-state index contributed by atoms with van der Waals surface area (Å²) < 4.78 is 13.2. The molecule has 1 aromatic carbocycles. The highest BCUT2D eigenvalue weighted by Crippen LogP contribution is 2.53. The number of likely N-dealkylation sites (tertiary alicyclic amines) is 2. The van der Waals surface area contributed by atoms with Crippen LogP contribution >= 0.6 is 0 Å². The number of carbonyl (C=O) groups is 2. The summed E-state index contributed by atoms with van der Waals surface area (Å²) in [4.78, 5) is 28.7. The summed E-state index contributed by atoms with van der Waals surface area (Å²) in [5.74, 6) is 0.0580. The molecule has 3 fully saturated rings. The van der Waals surface area contributed by atoms with Gasteiger partial charge in [0.15, 0.2) is 0 Å². The SMILES string of the molecule is CC(=O)N1CCC2(CC1)CCN2C(=O)C1(c2ccc(F)cc2)CC1. The molecule has 0 unspecified atom stereocenters. The maximum absolute atomic E-state index is 13.2. The Morgan fingerprint density at radius 2 is 1.54 bits per heavy atom. The Labute approximate surface area is 141 Å². The van der Waals surface area contributed by atoms with E-state index < -0.39 is 5.41 Å². The molecule has 0 bridgehead atoms. The molecule has 0 radical (unpaired) electrons. The second-order valence-electron chi connectivity index (χ2n) is 7.53. The van der Waals surface area contributed by atoms with Crippen molar-refractivity contribution in [2.24, 2.45) is 0 Å². The molecule has 5 heteroatoms. The third-order valence-electron chi connectivity index (χ3n) is 6.31. The number of benzene rings is 1. The molecule has 1 spiro atoms. The Bertz CT molecular complexity index is 673. The third kappa shape index (κ3) is 2.25. The number of halogens is 1. The molecule has 2 aliphatic heterocycles. The van der Waals surface area contributed by atoms with Gasteiger partial charge in [0, 0.05) is 32.1 Å². The van der Waals surface area contributed by atoms with E-state index in [1.54, 1.807) is 19.1 Å². The molecule has 0 aromatic heterocycles. The van der Waals surface area contributed by atoms with Gasteiger partial charge in [-0.15, -0.1) is 0 Å². The largest absolute Gasteiger partial charge is 0.343 e. The normalized spacial score (nSPS) is 23.8. The summed E-state index contributed by atoms with van der Waals surface area (Å²) >= 11 is 0. The zero-order chi connectivity index (χ0) is 16.9. The van der Waals surface area contributed by atoms with Crippen molar-refractivity contribution in [3.05, 3.63) is 35.6 Å². The van der Waals surface area contributed by atoms with Crippen molar-refractivity contribution < 1.29 is 14.0 Å². The van der Waals surface area contributed by atoms with E-state index in [-0.39, 0.29) is 23.2 Å². The molecule has 1 saturated carbocycles. The zero-order valence-corrected chi connectivity index (χ0v) is 14.1. The first-order valence-electron chi connectivity index (χ1n) is 8.81. The Kier molecular flexibility index (Phi) is 3.44. The number of rotatable bonds is 2. The number of piperidine rings is 1. The predicted molar refractivity (Wildman–Crippen MR) is 87.9 cm³/mol. The van der Waals surface area contributed by atoms with Crippen LogP contribution in [0.5, 0.6) is 0 Å². The summed E-state index contributed by atoms with van der Waals surface area (Å²) in [7, 11) is 0. The Morgan fingerprint density at radius 1 is 0.958 bits per heavy atom. The smallest absolute Gasteiger partial charge is 0.233 e. The van der Waals surface area contributed by atoms with E-state index in [1.807, 2.05) is 4.90 Å². The van der Waals surface area contributed by atoms with Crippen LogP contribution in [0.15, 0.2) is 24.3 Å². The minimum Gasteiger partial charge on any atom is -0.343 e. The molecule has 0 atom stereocenters. The summed E-state index contributed by atoms with van der Waals surface area (Å²) in [6.07, 6.45) is 4.48. The van der Waals surface area contributed by atoms with Gasteiger partial charge in [0.05, 0.1) is 5.41 Å². The van der Waals surface area contributed by atoms with E-state index in [0.29, 0.717) is 0 Å². The second kappa shape index (κ2) is 5.30. The summed E-state index contributed by atoms with van der Waals surface area (Å²) in [6.45, 7) is 3.89. The lowest BCUT2D eigenvalue weighted by molar-refractivity contribution is -0.156. The minimum absolute atomic E-state index is 0.0569. The monoisotopic (exact) mass is 330 g/mol. The van der Waals surface area contributed by atoms with E-state index in [1.165, 1.54) is 12.1 Å². The van der Waals surface area contributed by atoms with Crippen molar-refractivity contribution in [2.45, 2.75) is 50.0 Å². The molecule has 2 saturated heterocycles. The minimum atomic E-state index is -0.432. The van der Waals surface area contributed by atoms with Gasteiger partial charge in [-0.2, -0.15) is 0 Å². The molecule has 1 aliphatic carbocycles. The fourth-order valence-electron chi connectivity index (χ4n) is 4.39. The van der Waals surface area contributed by atoms with Crippen molar-refractivity contribution in [2.75, 3.05) is 19.6 Å². The number of hydrogen-bond acceptors (Lipinski definition) is 2. The highest BCUT2D eigenvalue weighted by Gasteiger charge is 2.59. The molecular weight excluding hydrogens is 307 g/mol. The average molecular weight is 330 g/mol. The van der Waals surface area contributed by atoms with E-state index in [9.17, 15) is 14.0 Å². The molecule has 0 N–H and O–H groups in total. The number of hydrogen-bond donors (Lipinski definition) is 0. The number of amides is 2. The molecule has 128 valence electrons. The lowest BCUT2D eigenvalue weighted by Gasteiger charge is -2.57. The zero-order valence-electron chi connectivity index (χ0n) is 14.1.